The molecule has 0 aromatic carbocycles. The van der Waals surface area contributed by atoms with Gasteiger partial charge < -0.3 is 9.32 Å². The summed E-state index contributed by atoms with van der Waals surface area (Å²) in [6, 6.07) is 3.21. The Balaban J connectivity index is 1.48. The van der Waals surface area contributed by atoms with Crippen molar-refractivity contribution >= 4 is 6.01 Å². The molecule has 3 heterocycles. The highest BCUT2D eigenvalue weighted by Gasteiger charge is 2.31. The molecular weight excluding hydrogens is 266 g/mol. The predicted molar refractivity (Wildman–Crippen MR) is 78.5 cm³/mol. The molecule has 1 saturated carbocycles. The molecule has 1 aliphatic heterocycles. The van der Waals surface area contributed by atoms with E-state index in [1.807, 2.05) is 6.92 Å². The van der Waals surface area contributed by atoms with Gasteiger partial charge in [0.15, 0.2) is 0 Å². The number of aryl methyl sites for hydroxylation is 2. The zero-order valence-corrected chi connectivity index (χ0v) is 12.6. The van der Waals surface area contributed by atoms with Gasteiger partial charge in [0, 0.05) is 24.7 Å². The minimum Gasteiger partial charge on any atom is -0.408 e. The van der Waals surface area contributed by atoms with Gasteiger partial charge in [-0.1, -0.05) is 11.5 Å². The summed E-state index contributed by atoms with van der Waals surface area (Å²) in [7, 11) is 0. The third-order valence-electron chi connectivity index (χ3n) is 4.71. The summed E-state index contributed by atoms with van der Waals surface area (Å²) in [4.78, 5) is 2.19. The van der Waals surface area contributed by atoms with E-state index in [0.717, 1.165) is 31.1 Å². The van der Waals surface area contributed by atoms with Crippen LogP contribution in [0.3, 0.4) is 0 Å². The SMILES string of the molecule is Cc1cc(C)n([C@H]2CCN(c3nnc(C4CCC4)o3)C2)n1. The van der Waals surface area contributed by atoms with Crippen molar-refractivity contribution in [2.75, 3.05) is 18.0 Å². The normalized spacial score (nSPS) is 22.8. The first-order valence-electron chi connectivity index (χ1n) is 7.82. The first kappa shape index (κ1) is 12.9. The van der Waals surface area contributed by atoms with Gasteiger partial charge >= 0.3 is 6.01 Å². The van der Waals surface area contributed by atoms with E-state index in [0.29, 0.717) is 18.0 Å². The lowest BCUT2D eigenvalue weighted by Crippen LogP contribution is -2.22. The Morgan fingerprint density at radius 2 is 2.05 bits per heavy atom. The van der Waals surface area contributed by atoms with Crippen molar-refractivity contribution < 1.29 is 4.42 Å². The molecule has 21 heavy (non-hydrogen) atoms. The highest BCUT2D eigenvalue weighted by atomic mass is 16.4. The van der Waals surface area contributed by atoms with Crippen molar-refractivity contribution in [2.24, 2.45) is 0 Å². The average Bonchev–Trinajstić information content (AvgIpc) is 3.06. The number of aromatic nitrogens is 4. The third-order valence-corrected chi connectivity index (χ3v) is 4.71. The summed E-state index contributed by atoms with van der Waals surface area (Å²) >= 11 is 0. The maximum atomic E-state index is 5.87. The molecule has 6 nitrogen and oxygen atoms in total. The topological polar surface area (TPSA) is 60.0 Å². The first-order chi connectivity index (χ1) is 10.2. The second-order valence-corrected chi connectivity index (χ2v) is 6.31. The summed E-state index contributed by atoms with van der Waals surface area (Å²) < 4.78 is 8.00. The van der Waals surface area contributed by atoms with E-state index in [2.05, 4.69) is 37.9 Å². The van der Waals surface area contributed by atoms with E-state index in [-0.39, 0.29) is 0 Å². The number of hydrogen-bond acceptors (Lipinski definition) is 5. The fourth-order valence-electron chi connectivity index (χ4n) is 3.31. The maximum absolute atomic E-state index is 5.87. The second-order valence-electron chi connectivity index (χ2n) is 6.31. The van der Waals surface area contributed by atoms with Gasteiger partial charge in [0.2, 0.25) is 5.89 Å². The summed E-state index contributed by atoms with van der Waals surface area (Å²) in [6.07, 6.45) is 4.74. The van der Waals surface area contributed by atoms with Gasteiger partial charge in [0.1, 0.15) is 0 Å². The monoisotopic (exact) mass is 287 g/mol. The van der Waals surface area contributed by atoms with Crippen molar-refractivity contribution in [3.05, 3.63) is 23.3 Å². The molecule has 1 aliphatic carbocycles. The van der Waals surface area contributed by atoms with E-state index >= 15 is 0 Å². The Bertz CT molecular complexity index is 642. The maximum Gasteiger partial charge on any atom is 0.318 e. The van der Waals surface area contributed by atoms with Gasteiger partial charge in [0.25, 0.3) is 0 Å². The Morgan fingerprint density at radius 1 is 1.19 bits per heavy atom. The Kier molecular flexibility index (Phi) is 2.97. The van der Waals surface area contributed by atoms with Crippen LogP contribution in [0.15, 0.2) is 10.5 Å². The molecule has 0 spiro atoms. The first-order valence-corrected chi connectivity index (χ1v) is 7.82. The second kappa shape index (κ2) is 4.86. The van der Waals surface area contributed by atoms with Crippen LogP contribution in [0.5, 0.6) is 0 Å². The molecular formula is C15H21N5O. The highest BCUT2D eigenvalue weighted by molar-refractivity contribution is 5.28. The minimum atomic E-state index is 0.401. The van der Waals surface area contributed by atoms with Crippen LogP contribution in [0, 0.1) is 13.8 Å². The van der Waals surface area contributed by atoms with Crippen LogP contribution < -0.4 is 4.90 Å². The number of nitrogens with zero attached hydrogens (tertiary/aromatic N) is 5. The summed E-state index contributed by atoms with van der Waals surface area (Å²) in [5.74, 6) is 1.33. The average molecular weight is 287 g/mol. The van der Waals surface area contributed by atoms with Gasteiger partial charge in [-0.25, -0.2) is 0 Å². The molecule has 2 aliphatic rings. The number of anilines is 1. The van der Waals surface area contributed by atoms with Gasteiger partial charge in [-0.2, -0.15) is 5.10 Å². The molecule has 0 amide bonds. The van der Waals surface area contributed by atoms with E-state index in [1.54, 1.807) is 0 Å². The van der Waals surface area contributed by atoms with Crippen LogP contribution in [0.25, 0.3) is 0 Å². The zero-order valence-electron chi connectivity index (χ0n) is 12.6. The van der Waals surface area contributed by atoms with E-state index in [4.69, 9.17) is 4.42 Å². The van der Waals surface area contributed by atoms with Crippen molar-refractivity contribution in [3.8, 4) is 0 Å². The molecule has 1 atom stereocenters. The lowest BCUT2D eigenvalue weighted by molar-refractivity contribution is 0.335. The molecule has 4 rings (SSSR count). The lowest BCUT2D eigenvalue weighted by Gasteiger charge is -2.21. The van der Waals surface area contributed by atoms with Gasteiger partial charge in [-0.05, 0) is 39.2 Å². The fourth-order valence-corrected chi connectivity index (χ4v) is 3.31. The molecule has 112 valence electrons. The highest BCUT2D eigenvalue weighted by Crippen LogP contribution is 2.37. The van der Waals surface area contributed by atoms with Crippen LogP contribution in [0.4, 0.5) is 6.01 Å². The van der Waals surface area contributed by atoms with Crippen molar-refractivity contribution in [3.63, 3.8) is 0 Å². The molecule has 0 radical (unpaired) electrons. The quantitative estimate of drug-likeness (QED) is 0.868. The van der Waals surface area contributed by atoms with Gasteiger partial charge in [-0.15, -0.1) is 5.10 Å². The fraction of sp³-hybridized carbons (Fsp3) is 0.667. The van der Waals surface area contributed by atoms with Crippen molar-refractivity contribution in [2.45, 2.75) is 51.5 Å². The zero-order chi connectivity index (χ0) is 14.4. The molecule has 2 aromatic heterocycles. The lowest BCUT2D eigenvalue weighted by atomic mass is 9.85. The van der Waals surface area contributed by atoms with Crippen LogP contribution in [0.1, 0.15) is 54.9 Å². The van der Waals surface area contributed by atoms with Crippen LogP contribution in [-0.2, 0) is 0 Å². The van der Waals surface area contributed by atoms with Crippen molar-refractivity contribution in [1.82, 2.24) is 20.0 Å². The molecule has 0 N–H and O–H groups in total. The molecule has 2 fully saturated rings. The molecule has 6 heteroatoms. The standard InChI is InChI=1S/C15H21N5O/c1-10-8-11(2)20(18-10)13-6-7-19(9-13)15-17-16-14(21-15)12-4-3-5-12/h8,12-13H,3-7,9H2,1-2H3/t13-/m0/s1. The summed E-state index contributed by atoms with van der Waals surface area (Å²) in [6.45, 7) is 6.01. The van der Waals surface area contributed by atoms with Crippen molar-refractivity contribution in [1.29, 1.82) is 0 Å². The Morgan fingerprint density at radius 3 is 2.71 bits per heavy atom. The molecule has 2 aromatic rings. The largest absolute Gasteiger partial charge is 0.408 e. The van der Waals surface area contributed by atoms with E-state index in [9.17, 15) is 0 Å². The van der Waals surface area contributed by atoms with Gasteiger partial charge in [-0.3, -0.25) is 4.68 Å². The predicted octanol–water partition coefficient (Wildman–Crippen LogP) is 2.60. The number of rotatable bonds is 3. The smallest absolute Gasteiger partial charge is 0.318 e. The summed E-state index contributed by atoms with van der Waals surface area (Å²) in [5.41, 5.74) is 2.30. The molecule has 0 unspecified atom stereocenters. The third kappa shape index (κ3) is 2.22. The van der Waals surface area contributed by atoms with Crippen LogP contribution in [-0.4, -0.2) is 33.1 Å². The van der Waals surface area contributed by atoms with Gasteiger partial charge in [0.05, 0.1) is 11.7 Å². The molecule has 0 bridgehead atoms. The number of hydrogen-bond donors (Lipinski definition) is 0. The van der Waals surface area contributed by atoms with E-state index < -0.39 is 0 Å². The van der Waals surface area contributed by atoms with E-state index in [1.165, 1.54) is 25.0 Å². The minimum absolute atomic E-state index is 0.401. The molecule has 1 saturated heterocycles. The van der Waals surface area contributed by atoms with Crippen LogP contribution >= 0.6 is 0 Å². The Hall–Kier alpha value is -1.85. The summed E-state index contributed by atoms with van der Waals surface area (Å²) in [5, 5.41) is 13.1. The van der Waals surface area contributed by atoms with Crippen LogP contribution in [0.2, 0.25) is 0 Å². The Labute approximate surface area is 124 Å².